The molecule has 2 aromatic heterocycles. The number of aromatic nitrogens is 2. The summed E-state index contributed by atoms with van der Waals surface area (Å²) in [6.07, 6.45) is 4.05. The topological polar surface area (TPSA) is 151 Å². The first kappa shape index (κ1) is 21.8. The summed E-state index contributed by atoms with van der Waals surface area (Å²) in [4.78, 5) is 41.0. The highest BCUT2D eigenvalue weighted by atomic mass is 32.2. The number of likely N-dealkylation sites (tertiary alicyclic amines) is 1. The minimum absolute atomic E-state index is 0.0182. The van der Waals surface area contributed by atoms with Crippen LogP contribution in [0.5, 0.6) is 0 Å². The SMILES string of the molecule is CS(=O)(=O)n1ccc(C(=O)NCC(=O)Nc2nc(C3CCCN(C(=O)O)C3)cs2)c1. The first-order chi connectivity index (χ1) is 14.1. The van der Waals surface area contributed by atoms with Crippen molar-refractivity contribution in [3.63, 3.8) is 0 Å². The minimum Gasteiger partial charge on any atom is -0.465 e. The van der Waals surface area contributed by atoms with Crippen LogP contribution in [-0.2, 0) is 14.8 Å². The maximum atomic E-state index is 12.1. The van der Waals surface area contributed by atoms with Crippen LogP contribution in [0.3, 0.4) is 0 Å². The van der Waals surface area contributed by atoms with Gasteiger partial charge in [0.15, 0.2) is 5.13 Å². The van der Waals surface area contributed by atoms with Crippen molar-refractivity contribution in [2.24, 2.45) is 0 Å². The van der Waals surface area contributed by atoms with Gasteiger partial charge in [-0.3, -0.25) is 13.6 Å². The Balaban J connectivity index is 1.51. The van der Waals surface area contributed by atoms with Crippen molar-refractivity contribution < 1.29 is 27.9 Å². The Labute approximate surface area is 176 Å². The predicted molar refractivity (Wildman–Crippen MR) is 109 cm³/mol. The Morgan fingerprint density at radius 2 is 2.13 bits per heavy atom. The van der Waals surface area contributed by atoms with Gasteiger partial charge >= 0.3 is 6.09 Å². The summed E-state index contributed by atoms with van der Waals surface area (Å²) >= 11 is 1.23. The zero-order chi connectivity index (χ0) is 21.9. The van der Waals surface area contributed by atoms with E-state index in [0.717, 1.165) is 28.8 Å². The van der Waals surface area contributed by atoms with Gasteiger partial charge in [-0.1, -0.05) is 0 Å². The number of carboxylic acid groups (broad SMARTS) is 1. The molecule has 13 heteroatoms. The third-order valence-corrected chi connectivity index (χ3v) is 6.37. The summed E-state index contributed by atoms with van der Waals surface area (Å²) in [5, 5.41) is 16.3. The quantitative estimate of drug-likeness (QED) is 0.587. The predicted octanol–water partition coefficient (Wildman–Crippen LogP) is 0.978. The summed E-state index contributed by atoms with van der Waals surface area (Å²) in [7, 11) is -3.49. The molecule has 0 aliphatic carbocycles. The third-order valence-electron chi connectivity index (χ3n) is 4.60. The second kappa shape index (κ2) is 8.83. The molecule has 3 amide bonds. The fourth-order valence-corrected chi connectivity index (χ4v) is 4.46. The molecule has 3 heterocycles. The average Bonchev–Trinajstić information content (AvgIpc) is 3.36. The van der Waals surface area contributed by atoms with E-state index in [1.807, 2.05) is 0 Å². The number of carbonyl (C=O) groups is 3. The minimum atomic E-state index is -3.49. The smallest absolute Gasteiger partial charge is 0.407 e. The lowest BCUT2D eigenvalue weighted by Gasteiger charge is -2.29. The average molecular weight is 456 g/mol. The maximum Gasteiger partial charge on any atom is 0.407 e. The van der Waals surface area contributed by atoms with Crippen LogP contribution in [0.25, 0.3) is 0 Å². The highest BCUT2D eigenvalue weighted by Crippen LogP contribution is 2.29. The molecule has 1 aliphatic rings. The van der Waals surface area contributed by atoms with Gasteiger partial charge in [-0.2, -0.15) is 0 Å². The van der Waals surface area contributed by atoms with Crippen molar-refractivity contribution in [1.29, 1.82) is 0 Å². The van der Waals surface area contributed by atoms with Gasteiger partial charge in [-0.25, -0.2) is 18.2 Å². The Kier molecular flexibility index (Phi) is 6.41. The second-order valence-electron chi connectivity index (χ2n) is 6.87. The van der Waals surface area contributed by atoms with Gasteiger partial charge in [0.25, 0.3) is 5.91 Å². The standard InChI is InChI=1S/C17H21N5O6S2/c1-30(27,28)22-6-4-12(9-22)15(24)18-7-14(23)20-16-19-13(10-29-16)11-3-2-5-21(8-11)17(25)26/h4,6,9-11H,2-3,5,7-8H2,1H3,(H,18,24)(H,25,26)(H,19,20,23). The van der Waals surface area contributed by atoms with Crippen molar-refractivity contribution >= 4 is 44.4 Å². The highest BCUT2D eigenvalue weighted by Gasteiger charge is 2.26. The van der Waals surface area contributed by atoms with Gasteiger partial charge < -0.3 is 20.6 Å². The van der Waals surface area contributed by atoms with Gasteiger partial charge in [0.1, 0.15) is 0 Å². The van der Waals surface area contributed by atoms with Crippen molar-refractivity contribution in [1.82, 2.24) is 19.2 Å². The molecule has 30 heavy (non-hydrogen) atoms. The molecule has 1 fully saturated rings. The fraction of sp³-hybridized carbons (Fsp3) is 0.412. The molecule has 3 N–H and O–H groups in total. The number of nitrogens with one attached hydrogen (secondary N) is 2. The van der Waals surface area contributed by atoms with E-state index in [2.05, 4.69) is 15.6 Å². The van der Waals surface area contributed by atoms with Crippen LogP contribution in [0.15, 0.2) is 23.8 Å². The summed E-state index contributed by atoms with van der Waals surface area (Å²) in [6, 6.07) is 1.34. The van der Waals surface area contributed by atoms with E-state index in [4.69, 9.17) is 5.11 Å². The van der Waals surface area contributed by atoms with Gasteiger partial charge in [0.2, 0.25) is 15.9 Å². The summed E-state index contributed by atoms with van der Waals surface area (Å²) < 4.78 is 23.8. The molecule has 3 rings (SSSR count). The fourth-order valence-electron chi connectivity index (χ4n) is 3.07. The zero-order valence-electron chi connectivity index (χ0n) is 16.1. The Bertz CT molecular complexity index is 1060. The van der Waals surface area contributed by atoms with E-state index in [9.17, 15) is 22.8 Å². The third kappa shape index (κ3) is 5.36. The molecule has 1 aliphatic heterocycles. The van der Waals surface area contributed by atoms with E-state index < -0.39 is 27.9 Å². The Hall–Kier alpha value is -2.93. The van der Waals surface area contributed by atoms with Crippen LogP contribution in [0.2, 0.25) is 0 Å². The van der Waals surface area contributed by atoms with Crippen LogP contribution in [0.1, 0.15) is 34.8 Å². The molecule has 162 valence electrons. The number of nitrogens with zero attached hydrogens (tertiary/aromatic N) is 3. The van der Waals surface area contributed by atoms with Crippen LogP contribution in [-0.4, -0.2) is 71.2 Å². The number of piperidine rings is 1. The number of rotatable bonds is 6. The van der Waals surface area contributed by atoms with E-state index in [0.29, 0.717) is 18.2 Å². The number of carbonyl (C=O) groups excluding carboxylic acids is 2. The first-order valence-electron chi connectivity index (χ1n) is 9.03. The van der Waals surface area contributed by atoms with E-state index >= 15 is 0 Å². The van der Waals surface area contributed by atoms with Gasteiger partial charge in [-0.15, -0.1) is 11.3 Å². The Morgan fingerprint density at radius 3 is 2.80 bits per heavy atom. The maximum absolute atomic E-state index is 12.1. The molecule has 1 unspecified atom stereocenters. The largest absolute Gasteiger partial charge is 0.465 e. The monoisotopic (exact) mass is 455 g/mol. The number of anilines is 1. The van der Waals surface area contributed by atoms with Crippen molar-refractivity contribution in [3.05, 3.63) is 35.1 Å². The van der Waals surface area contributed by atoms with Gasteiger partial charge in [0, 0.05) is 36.8 Å². The number of hydrogen-bond donors (Lipinski definition) is 3. The van der Waals surface area contributed by atoms with Crippen LogP contribution >= 0.6 is 11.3 Å². The normalized spacial score (nSPS) is 16.8. The van der Waals surface area contributed by atoms with Crippen LogP contribution in [0.4, 0.5) is 9.93 Å². The molecule has 1 atom stereocenters. The van der Waals surface area contributed by atoms with E-state index in [1.165, 1.54) is 34.7 Å². The van der Waals surface area contributed by atoms with Gasteiger partial charge in [0.05, 0.1) is 24.1 Å². The van der Waals surface area contributed by atoms with E-state index in [1.54, 1.807) is 5.38 Å². The van der Waals surface area contributed by atoms with E-state index in [-0.39, 0.29) is 18.0 Å². The molecule has 2 aromatic rings. The number of hydrogen-bond acceptors (Lipinski definition) is 7. The lowest BCUT2D eigenvalue weighted by molar-refractivity contribution is -0.115. The number of thiazole rings is 1. The molecule has 0 bridgehead atoms. The highest BCUT2D eigenvalue weighted by molar-refractivity contribution is 7.89. The summed E-state index contributed by atoms with van der Waals surface area (Å²) in [5.41, 5.74) is 0.845. The summed E-state index contributed by atoms with van der Waals surface area (Å²) in [5.74, 6) is -1.08. The number of amides is 3. The van der Waals surface area contributed by atoms with Crippen molar-refractivity contribution in [3.8, 4) is 0 Å². The summed E-state index contributed by atoms with van der Waals surface area (Å²) in [6.45, 7) is 0.566. The lowest BCUT2D eigenvalue weighted by atomic mass is 9.96. The lowest BCUT2D eigenvalue weighted by Crippen LogP contribution is -2.38. The van der Waals surface area contributed by atoms with Crippen LogP contribution < -0.4 is 10.6 Å². The molecular formula is C17H21N5O6S2. The molecule has 11 nitrogen and oxygen atoms in total. The molecule has 0 radical (unpaired) electrons. The molecule has 0 spiro atoms. The van der Waals surface area contributed by atoms with Crippen LogP contribution in [0, 0.1) is 0 Å². The Morgan fingerprint density at radius 1 is 1.37 bits per heavy atom. The first-order valence-corrected chi connectivity index (χ1v) is 11.8. The molecule has 0 saturated carbocycles. The van der Waals surface area contributed by atoms with Crippen molar-refractivity contribution in [2.45, 2.75) is 18.8 Å². The molecule has 1 saturated heterocycles. The van der Waals surface area contributed by atoms with Gasteiger partial charge in [-0.05, 0) is 18.9 Å². The second-order valence-corrected chi connectivity index (χ2v) is 9.61. The molecular weight excluding hydrogens is 434 g/mol. The molecule has 0 aromatic carbocycles. The van der Waals surface area contributed by atoms with Crippen molar-refractivity contribution in [2.75, 3.05) is 31.2 Å². The zero-order valence-corrected chi connectivity index (χ0v) is 17.7.